The Morgan fingerprint density at radius 2 is 2.21 bits per heavy atom. The van der Waals surface area contributed by atoms with E-state index in [0.29, 0.717) is 11.7 Å². The third-order valence-corrected chi connectivity index (χ3v) is 3.43. The highest BCUT2D eigenvalue weighted by Gasteiger charge is 2.19. The maximum atomic E-state index is 11.6. The first-order valence-corrected chi connectivity index (χ1v) is 6.85. The van der Waals surface area contributed by atoms with Gasteiger partial charge >= 0.3 is 5.69 Å². The van der Waals surface area contributed by atoms with Crippen LogP contribution in [0.2, 0.25) is 0 Å². The first-order valence-electron chi connectivity index (χ1n) is 6.85. The van der Waals surface area contributed by atoms with E-state index < -0.39 is 0 Å². The van der Waals surface area contributed by atoms with E-state index in [4.69, 9.17) is 0 Å². The quantitative estimate of drug-likeness (QED) is 0.823. The minimum Gasteiger partial charge on any atom is -0.314 e. The number of H-pyrrole nitrogens is 1. The van der Waals surface area contributed by atoms with Crippen LogP contribution in [0, 0.1) is 0 Å². The average molecular weight is 263 g/mol. The second-order valence-electron chi connectivity index (χ2n) is 4.81. The van der Waals surface area contributed by atoms with E-state index in [2.05, 4.69) is 41.4 Å². The zero-order valence-electron chi connectivity index (χ0n) is 11.7. The van der Waals surface area contributed by atoms with Gasteiger partial charge in [-0.05, 0) is 38.4 Å². The lowest BCUT2D eigenvalue weighted by atomic mass is 9.94. The van der Waals surface area contributed by atoms with E-state index in [1.807, 2.05) is 12.1 Å². The molecule has 0 amide bonds. The number of hydrogen-bond acceptors (Lipinski definition) is 4. The van der Waals surface area contributed by atoms with Crippen molar-refractivity contribution in [3.8, 4) is 0 Å². The van der Waals surface area contributed by atoms with Gasteiger partial charge in [-0.15, -0.1) is 0 Å². The van der Waals surface area contributed by atoms with Crippen LogP contribution in [0.25, 0.3) is 5.65 Å². The molecule has 2 unspecified atom stereocenters. The molecule has 0 aliphatic rings. The molecule has 0 fully saturated rings. The third kappa shape index (κ3) is 2.84. The van der Waals surface area contributed by atoms with E-state index in [9.17, 15) is 4.79 Å². The van der Waals surface area contributed by atoms with Gasteiger partial charge < -0.3 is 5.32 Å². The largest absolute Gasteiger partial charge is 0.364 e. The second kappa shape index (κ2) is 5.97. The Hall–Kier alpha value is -1.69. The Kier molecular flexibility index (Phi) is 4.31. The van der Waals surface area contributed by atoms with Crippen molar-refractivity contribution in [3.63, 3.8) is 0 Å². The molecule has 2 heterocycles. The molecule has 19 heavy (non-hydrogen) atoms. The van der Waals surface area contributed by atoms with Crippen molar-refractivity contribution in [3.05, 3.63) is 28.3 Å². The molecular weight excluding hydrogens is 242 g/mol. The van der Waals surface area contributed by atoms with Crippen molar-refractivity contribution in [1.82, 2.24) is 25.1 Å². The fourth-order valence-corrected chi connectivity index (χ4v) is 2.35. The Morgan fingerprint density at radius 1 is 1.42 bits per heavy atom. The molecule has 0 aliphatic heterocycles. The molecule has 0 aliphatic carbocycles. The number of hydrogen-bond donors (Lipinski definition) is 2. The number of nitrogens with zero attached hydrogens (tertiary/aromatic N) is 3. The summed E-state index contributed by atoms with van der Waals surface area (Å²) in [4.78, 5) is 11.6. The van der Waals surface area contributed by atoms with Crippen molar-refractivity contribution >= 4 is 5.65 Å². The maximum absolute atomic E-state index is 11.6. The summed E-state index contributed by atoms with van der Waals surface area (Å²) >= 11 is 0. The molecule has 6 nitrogen and oxygen atoms in total. The van der Waals surface area contributed by atoms with Gasteiger partial charge in [-0.25, -0.2) is 9.89 Å². The Bertz CT molecular complexity index is 588. The van der Waals surface area contributed by atoms with Gasteiger partial charge in [-0.1, -0.05) is 13.8 Å². The summed E-state index contributed by atoms with van der Waals surface area (Å²) in [6, 6.07) is 4.11. The SMILES string of the molecule is CCCNC(C)C(CC)c1ccc2n[nH]c(=O)n2n1. The lowest BCUT2D eigenvalue weighted by molar-refractivity contribution is 0.439. The number of nitrogens with one attached hydrogen (secondary N) is 2. The Balaban J connectivity index is 2.29. The van der Waals surface area contributed by atoms with E-state index >= 15 is 0 Å². The van der Waals surface area contributed by atoms with Gasteiger partial charge in [0.2, 0.25) is 0 Å². The van der Waals surface area contributed by atoms with Gasteiger partial charge in [0.1, 0.15) is 0 Å². The van der Waals surface area contributed by atoms with Gasteiger partial charge in [0.05, 0.1) is 5.69 Å². The van der Waals surface area contributed by atoms with Crippen molar-refractivity contribution < 1.29 is 0 Å². The third-order valence-electron chi connectivity index (χ3n) is 3.43. The van der Waals surface area contributed by atoms with E-state index in [0.717, 1.165) is 25.1 Å². The van der Waals surface area contributed by atoms with Crippen LogP contribution in [0.4, 0.5) is 0 Å². The molecule has 0 aromatic carbocycles. The fourth-order valence-electron chi connectivity index (χ4n) is 2.35. The van der Waals surface area contributed by atoms with Crippen LogP contribution < -0.4 is 11.0 Å². The summed E-state index contributed by atoms with van der Waals surface area (Å²) < 4.78 is 1.32. The van der Waals surface area contributed by atoms with Crippen molar-refractivity contribution in [2.24, 2.45) is 0 Å². The van der Waals surface area contributed by atoms with Gasteiger partial charge in [-0.3, -0.25) is 0 Å². The molecule has 2 N–H and O–H groups in total. The standard InChI is InChI=1S/C13H21N5O/c1-4-8-14-9(3)10(5-2)11-6-7-12-15-16-13(19)18(12)17-11/h6-7,9-10,14H,4-5,8H2,1-3H3,(H,16,19). The lowest BCUT2D eigenvalue weighted by Crippen LogP contribution is -2.33. The minimum absolute atomic E-state index is 0.290. The predicted molar refractivity (Wildman–Crippen MR) is 74.4 cm³/mol. The Labute approximate surface area is 112 Å². The summed E-state index contributed by atoms with van der Waals surface area (Å²) in [5.41, 5.74) is 1.19. The van der Waals surface area contributed by atoms with Crippen molar-refractivity contribution in [2.45, 2.75) is 45.6 Å². The van der Waals surface area contributed by atoms with E-state index in [1.54, 1.807) is 0 Å². The molecule has 6 heteroatoms. The molecule has 0 radical (unpaired) electrons. The number of aromatic amines is 1. The summed E-state index contributed by atoms with van der Waals surface area (Å²) in [7, 11) is 0. The highest BCUT2D eigenvalue weighted by molar-refractivity contribution is 5.35. The minimum atomic E-state index is -0.291. The van der Waals surface area contributed by atoms with E-state index in [1.165, 1.54) is 4.52 Å². The highest BCUT2D eigenvalue weighted by Crippen LogP contribution is 2.21. The van der Waals surface area contributed by atoms with Gasteiger partial charge in [-0.2, -0.15) is 14.7 Å². The van der Waals surface area contributed by atoms with Gasteiger partial charge in [0.15, 0.2) is 5.65 Å². The summed E-state index contributed by atoms with van der Waals surface area (Å²) in [6.45, 7) is 7.44. The summed E-state index contributed by atoms with van der Waals surface area (Å²) in [5, 5.41) is 14.2. The van der Waals surface area contributed by atoms with Crippen LogP contribution in [-0.2, 0) is 0 Å². The van der Waals surface area contributed by atoms with Gasteiger partial charge in [0.25, 0.3) is 0 Å². The number of rotatable bonds is 6. The van der Waals surface area contributed by atoms with Crippen LogP contribution in [0.15, 0.2) is 16.9 Å². The molecule has 2 rings (SSSR count). The number of fused-ring (bicyclic) bond motifs is 1. The number of aromatic nitrogens is 4. The van der Waals surface area contributed by atoms with Crippen LogP contribution in [0.1, 0.15) is 45.2 Å². The topological polar surface area (TPSA) is 75.1 Å². The molecule has 2 aromatic heterocycles. The van der Waals surface area contributed by atoms with Crippen LogP contribution in [0.3, 0.4) is 0 Å². The zero-order valence-corrected chi connectivity index (χ0v) is 11.7. The van der Waals surface area contributed by atoms with Crippen LogP contribution in [0.5, 0.6) is 0 Å². The molecular formula is C13H21N5O. The Morgan fingerprint density at radius 3 is 2.89 bits per heavy atom. The van der Waals surface area contributed by atoms with Crippen molar-refractivity contribution in [2.75, 3.05) is 6.54 Å². The van der Waals surface area contributed by atoms with Crippen molar-refractivity contribution in [1.29, 1.82) is 0 Å². The average Bonchev–Trinajstić information content (AvgIpc) is 2.79. The molecule has 0 bridgehead atoms. The lowest BCUT2D eigenvalue weighted by Gasteiger charge is -2.23. The zero-order chi connectivity index (χ0) is 13.8. The van der Waals surface area contributed by atoms with Gasteiger partial charge in [0, 0.05) is 12.0 Å². The maximum Gasteiger partial charge on any atom is 0.364 e. The second-order valence-corrected chi connectivity index (χ2v) is 4.81. The smallest absolute Gasteiger partial charge is 0.314 e. The molecule has 2 aromatic rings. The molecule has 0 saturated carbocycles. The molecule has 2 atom stereocenters. The fraction of sp³-hybridized carbons (Fsp3) is 0.615. The monoisotopic (exact) mass is 263 g/mol. The highest BCUT2D eigenvalue weighted by atomic mass is 16.2. The first kappa shape index (κ1) is 13.7. The predicted octanol–water partition coefficient (Wildman–Crippen LogP) is 1.30. The molecule has 104 valence electrons. The normalized spacial score (nSPS) is 14.7. The van der Waals surface area contributed by atoms with Crippen LogP contribution >= 0.6 is 0 Å². The first-order chi connectivity index (χ1) is 9.17. The molecule has 0 spiro atoms. The molecule has 0 saturated heterocycles. The summed E-state index contributed by atoms with van der Waals surface area (Å²) in [5.74, 6) is 0.290. The van der Waals surface area contributed by atoms with E-state index in [-0.39, 0.29) is 11.6 Å². The summed E-state index contributed by atoms with van der Waals surface area (Å²) in [6.07, 6.45) is 2.08. The van der Waals surface area contributed by atoms with Crippen LogP contribution in [-0.4, -0.2) is 32.4 Å².